The number of rotatable bonds is 9. The van der Waals surface area contributed by atoms with Crippen molar-refractivity contribution in [2.24, 2.45) is 4.99 Å². The molecule has 0 aliphatic carbocycles. The molecule has 36 heavy (non-hydrogen) atoms. The molecule has 2 aromatic rings. The van der Waals surface area contributed by atoms with E-state index >= 15 is 0 Å². The summed E-state index contributed by atoms with van der Waals surface area (Å²) in [5.74, 6) is -1.18. The van der Waals surface area contributed by atoms with Crippen LogP contribution >= 0.6 is 27.3 Å². The van der Waals surface area contributed by atoms with Gasteiger partial charge in [-0.1, -0.05) is 28.1 Å². The Labute approximate surface area is 220 Å². The summed E-state index contributed by atoms with van der Waals surface area (Å²) >= 11 is 4.96. The first-order valence-electron chi connectivity index (χ1n) is 11.6. The first-order valence-corrected chi connectivity index (χ1v) is 13.3. The molecule has 11 heteroatoms. The molecule has 1 aromatic heterocycles. The molecule has 1 aromatic carbocycles. The number of amidine groups is 1. The molecule has 1 saturated heterocycles. The summed E-state index contributed by atoms with van der Waals surface area (Å²) in [5.41, 5.74) is 1.60. The van der Waals surface area contributed by atoms with Crippen LogP contribution in [-0.2, 0) is 19.1 Å². The first kappa shape index (κ1) is 26.5. The van der Waals surface area contributed by atoms with Crippen molar-refractivity contribution < 1.29 is 28.6 Å². The van der Waals surface area contributed by atoms with Gasteiger partial charge in [0, 0.05) is 35.7 Å². The van der Waals surface area contributed by atoms with Crippen molar-refractivity contribution in [2.45, 2.75) is 31.8 Å². The maximum absolute atomic E-state index is 13.9. The number of aliphatic carboxylic acids is 1. The van der Waals surface area contributed by atoms with Gasteiger partial charge in [-0.25, -0.2) is 9.18 Å². The monoisotopic (exact) mass is 579 g/mol. The molecule has 1 fully saturated rings. The molecule has 0 amide bonds. The van der Waals surface area contributed by atoms with E-state index < -0.39 is 23.8 Å². The highest BCUT2D eigenvalue weighted by Gasteiger charge is 2.35. The lowest BCUT2D eigenvalue weighted by Gasteiger charge is -2.37. The molecular weight excluding hydrogens is 553 g/mol. The van der Waals surface area contributed by atoms with Crippen LogP contribution in [0.25, 0.3) is 0 Å². The number of ether oxygens (including phenoxy) is 2. The van der Waals surface area contributed by atoms with Gasteiger partial charge in [0.05, 0.1) is 30.3 Å². The van der Waals surface area contributed by atoms with Gasteiger partial charge in [0.2, 0.25) is 0 Å². The van der Waals surface area contributed by atoms with Crippen molar-refractivity contribution in [1.29, 1.82) is 0 Å². The van der Waals surface area contributed by atoms with E-state index in [0.717, 1.165) is 4.88 Å². The number of carbonyl (C=O) groups is 2. The van der Waals surface area contributed by atoms with Gasteiger partial charge in [-0.15, -0.1) is 11.3 Å². The highest BCUT2D eigenvalue weighted by molar-refractivity contribution is 9.10. The van der Waals surface area contributed by atoms with E-state index in [1.807, 2.05) is 17.5 Å². The van der Waals surface area contributed by atoms with Gasteiger partial charge < -0.3 is 19.9 Å². The predicted octanol–water partition coefficient (Wildman–Crippen LogP) is 4.12. The second kappa shape index (κ2) is 12.1. The zero-order chi connectivity index (χ0) is 25.7. The second-order valence-electron chi connectivity index (χ2n) is 8.39. The largest absolute Gasteiger partial charge is 0.481 e. The Hall–Kier alpha value is -2.60. The van der Waals surface area contributed by atoms with Crippen molar-refractivity contribution in [3.8, 4) is 0 Å². The van der Waals surface area contributed by atoms with Gasteiger partial charge in [0.25, 0.3) is 0 Å². The van der Waals surface area contributed by atoms with Gasteiger partial charge in [-0.2, -0.15) is 0 Å². The normalized spacial score (nSPS) is 20.6. The van der Waals surface area contributed by atoms with Crippen LogP contribution in [0.2, 0.25) is 0 Å². The molecule has 192 valence electrons. The topological polar surface area (TPSA) is 100 Å². The fraction of sp³-hybridized carbons (Fsp3) is 0.400. The number of thiophene rings is 1. The number of esters is 1. The van der Waals surface area contributed by atoms with Crippen LogP contribution in [0.4, 0.5) is 4.39 Å². The zero-order valence-electron chi connectivity index (χ0n) is 19.7. The minimum atomic E-state index is -0.865. The van der Waals surface area contributed by atoms with Crippen LogP contribution in [-0.4, -0.2) is 66.7 Å². The van der Waals surface area contributed by atoms with E-state index in [9.17, 15) is 19.1 Å². The number of carboxylic acid groups (broad SMARTS) is 1. The number of nitrogens with one attached hydrogen (secondary N) is 1. The molecular formula is C25H27BrFN3O5S. The predicted molar refractivity (Wildman–Crippen MR) is 138 cm³/mol. The van der Waals surface area contributed by atoms with E-state index in [1.54, 1.807) is 13.0 Å². The molecule has 0 bridgehead atoms. The average Bonchev–Trinajstić information content (AvgIpc) is 3.38. The Morgan fingerprint density at radius 2 is 2.22 bits per heavy atom. The van der Waals surface area contributed by atoms with Gasteiger partial charge >= 0.3 is 11.9 Å². The van der Waals surface area contributed by atoms with E-state index in [0.29, 0.717) is 59.9 Å². The van der Waals surface area contributed by atoms with Crippen molar-refractivity contribution in [2.75, 3.05) is 32.9 Å². The molecule has 0 radical (unpaired) electrons. The third-order valence-electron chi connectivity index (χ3n) is 6.04. The van der Waals surface area contributed by atoms with Crippen LogP contribution in [0.1, 0.15) is 36.2 Å². The van der Waals surface area contributed by atoms with Crippen molar-refractivity contribution >= 4 is 45.0 Å². The lowest BCUT2D eigenvalue weighted by atomic mass is 9.94. The number of aliphatic imine (C=N–C) groups is 1. The molecule has 8 nitrogen and oxygen atoms in total. The first-order chi connectivity index (χ1) is 17.4. The number of halogens is 2. The van der Waals surface area contributed by atoms with Gasteiger partial charge in [-0.05, 0) is 42.5 Å². The number of hydrogen-bond acceptors (Lipinski definition) is 8. The number of carboxylic acids is 1. The Bertz CT molecular complexity index is 1170. The minimum absolute atomic E-state index is 0.0226. The number of benzene rings is 1. The second-order valence-corrected chi connectivity index (χ2v) is 10.2. The molecule has 0 saturated carbocycles. The van der Waals surface area contributed by atoms with Crippen LogP contribution in [0.5, 0.6) is 0 Å². The summed E-state index contributed by atoms with van der Waals surface area (Å²) in [6.45, 7) is 3.77. The maximum atomic E-state index is 13.9. The van der Waals surface area contributed by atoms with Crippen LogP contribution in [0.3, 0.4) is 0 Å². The smallest absolute Gasteiger partial charge is 0.338 e. The SMILES string of the molecule is CCOC(=O)C1=C(CN2CCOC[C@@H]2CCC(=O)O)NC(c2cccs2)=N[C@H]1c1ccc(F)cc1Br. The number of morpholine rings is 1. The molecule has 2 atom stereocenters. The average molecular weight is 580 g/mol. The van der Waals surface area contributed by atoms with E-state index in [2.05, 4.69) is 26.1 Å². The molecule has 2 N–H and O–H groups in total. The van der Waals surface area contributed by atoms with E-state index in [1.165, 1.54) is 23.5 Å². The van der Waals surface area contributed by atoms with Crippen molar-refractivity contribution in [3.63, 3.8) is 0 Å². The van der Waals surface area contributed by atoms with Crippen molar-refractivity contribution in [1.82, 2.24) is 10.2 Å². The van der Waals surface area contributed by atoms with Gasteiger partial charge in [-0.3, -0.25) is 14.7 Å². The molecule has 2 aliphatic rings. The summed E-state index contributed by atoms with van der Waals surface area (Å²) in [7, 11) is 0. The van der Waals surface area contributed by atoms with Crippen LogP contribution in [0, 0.1) is 5.82 Å². The van der Waals surface area contributed by atoms with Gasteiger partial charge in [0.15, 0.2) is 0 Å². The Kier molecular flexibility index (Phi) is 8.89. The standard InChI is InChI=1S/C25H27BrFN3O5S/c1-2-35-25(33)22-19(13-30-9-10-34-14-16(30)6-8-21(31)32)28-24(20-4-3-11-36-20)29-23(22)17-7-5-15(27)12-18(17)26/h3-5,7,11-12,16,23H,2,6,8-10,13-14H2,1H3,(H,28,29)(H,31,32)/t16-,23-/m0/s1. The molecule has 0 spiro atoms. The lowest BCUT2D eigenvalue weighted by molar-refractivity contribution is -0.139. The van der Waals surface area contributed by atoms with E-state index in [-0.39, 0.29) is 19.1 Å². The highest BCUT2D eigenvalue weighted by atomic mass is 79.9. The summed E-state index contributed by atoms with van der Waals surface area (Å²) in [6, 6.07) is 7.31. The number of nitrogens with zero attached hydrogens (tertiary/aromatic N) is 2. The molecule has 4 rings (SSSR count). The Balaban J connectivity index is 1.78. The quantitative estimate of drug-likeness (QED) is 0.431. The summed E-state index contributed by atoms with van der Waals surface area (Å²) in [6.07, 6.45) is 0.449. The van der Waals surface area contributed by atoms with E-state index in [4.69, 9.17) is 14.5 Å². The third kappa shape index (κ3) is 6.20. The Morgan fingerprint density at radius 1 is 1.39 bits per heavy atom. The zero-order valence-corrected chi connectivity index (χ0v) is 22.1. The van der Waals surface area contributed by atoms with Gasteiger partial charge in [0.1, 0.15) is 17.7 Å². The maximum Gasteiger partial charge on any atom is 0.338 e. The fourth-order valence-electron chi connectivity index (χ4n) is 4.31. The summed E-state index contributed by atoms with van der Waals surface area (Å²) in [4.78, 5) is 32.4. The summed E-state index contributed by atoms with van der Waals surface area (Å²) < 4.78 is 25.5. The van der Waals surface area contributed by atoms with Crippen LogP contribution in [0.15, 0.2) is 56.4 Å². The highest BCUT2D eigenvalue weighted by Crippen LogP contribution is 2.37. The summed E-state index contributed by atoms with van der Waals surface area (Å²) in [5, 5.41) is 14.5. The number of hydrogen-bond donors (Lipinski definition) is 2. The molecule has 3 heterocycles. The lowest BCUT2D eigenvalue weighted by Crippen LogP contribution is -2.49. The third-order valence-corrected chi connectivity index (χ3v) is 7.60. The molecule has 0 unspecified atom stereocenters. The fourth-order valence-corrected chi connectivity index (χ4v) is 5.56. The van der Waals surface area contributed by atoms with Crippen LogP contribution < -0.4 is 5.32 Å². The minimum Gasteiger partial charge on any atom is -0.481 e. The number of carbonyl (C=O) groups excluding carboxylic acids is 1. The molecule has 2 aliphatic heterocycles. The Morgan fingerprint density at radius 3 is 2.92 bits per heavy atom. The van der Waals surface area contributed by atoms with Crippen molar-refractivity contribution in [3.05, 3.63) is 67.7 Å².